The molecule has 0 saturated heterocycles. The average molecular weight is 821 g/mol. The van der Waals surface area contributed by atoms with Crippen LogP contribution >= 0.6 is 7.82 Å². The molecule has 0 spiro atoms. The van der Waals surface area contributed by atoms with E-state index in [4.69, 9.17) is 18.5 Å². The van der Waals surface area contributed by atoms with Crippen LogP contribution in [0.4, 0.5) is 0 Å². The van der Waals surface area contributed by atoms with Gasteiger partial charge in [-0.2, -0.15) is 0 Å². The van der Waals surface area contributed by atoms with Gasteiger partial charge in [0.25, 0.3) is 0 Å². The molecule has 1 N–H and O–H groups in total. The molecule has 0 radical (unpaired) electrons. The molecule has 0 bridgehead atoms. The molecule has 0 saturated carbocycles. The molecule has 0 aliphatic heterocycles. The first-order chi connectivity index (χ1) is 27.6. The van der Waals surface area contributed by atoms with Gasteiger partial charge in [0.1, 0.15) is 19.3 Å². The van der Waals surface area contributed by atoms with E-state index in [0.29, 0.717) is 24.1 Å². The number of quaternary nitrogens is 1. The number of carbonyl (C=O) groups is 1. The maximum absolute atomic E-state index is 12.7. The summed E-state index contributed by atoms with van der Waals surface area (Å²) in [4.78, 5) is 22.9. The first kappa shape index (κ1) is 54.9. The number of phosphoric ester groups is 1. The zero-order valence-electron chi connectivity index (χ0n) is 37.3. The first-order valence-corrected chi connectivity index (χ1v) is 24.2. The number of unbranched alkanes of at least 4 members (excludes halogenated alkanes) is 15. The number of esters is 1. The van der Waals surface area contributed by atoms with E-state index in [-0.39, 0.29) is 25.8 Å². The number of hydrogen-bond donors (Lipinski definition) is 1. The third-order valence-electron chi connectivity index (χ3n) is 9.25. The molecule has 0 fully saturated rings. The molecule has 0 aliphatic carbocycles. The Bertz CT molecular complexity index is 1140. The van der Waals surface area contributed by atoms with Gasteiger partial charge in [0.15, 0.2) is 0 Å². The molecule has 9 heteroatoms. The van der Waals surface area contributed by atoms with E-state index in [1.165, 1.54) is 51.4 Å². The number of carbonyl (C=O) groups excluding carboxylic acids is 1. The normalized spacial score (nSPS) is 14.4. The van der Waals surface area contributed by atoms with Gasteiger partial charge in [-0.05, 0) is 83.5 Å². The largest absolute Gasteiger partial charge is 0.472 e. The molecular weight excluding hydrogens is 734 g/mol. The van der Waals surface area contributed by atoms with Gasteiger partial charge in [0.05, 0.1) is 34.4 Å². The van der Waals surface area contributed by atoms with E-state index in [9.17, 15) is 14.3 Å². The standard InChI is InChI=1S/C48H86NO7P/c1-6-8-10-12-14-16-18-20-22-23-24-25-26-28-30-32-34-36-38-40-43-53-45-47(46-55-57(51,52)54-44-42-49(3,4)5)56-48(50)41-39-37-35-33-31-29-27-21-19-17-15-13-11-9-7-2/h8,10,14,16,20-22,24-25,27-28,30,47H,6-7,9,11-13,15,17-19,23,26,29,31-46H2,1-5H3/p+1/b10-8-,16-14-,22-20-,25-24-,27-21-,30-28-. The summed E-state index contributed by atoms with van der Waals surface area (Å²) < 4.78 is 35.0. The van der Waals surface area contributed by atoms with Crippen LogP contribution in [0.25, 0.3) is 0 Å². The van der Waals surface area contributed by atoms with Crippen LogP contribution in [0.1, 0.15) is 168 Å². The first-order valence-electron chi connectivity index (χ1n) is 22.7. The summed E-state index contributed by atoms with van der Waals surface area (Å²) in [5.74, 6) is -0.335. The summed E-state index contributed by atoms with van der Waals surface area (Å²) in [5, 5.41) is 0. The van der Waals surface area contributed by atoms with Gasteiger partial charge in [-0.3, -0.25) is 13.8 Å². The van der Waals surface area contributed by atoms with Crippen molar-refractivity contribution in [3.63, 3.8) is 0 Å². The van der Waals surface area contributed by atoms with Crippen molar-refractivity contribution in [2.45, 2.75) is 174 Å². The minimum absolute atomic E-state index is 0.0782. The van der Waals surface area contributed by atoms with E-state index < -0.39 is 13.9 Å². The van der Waals surface area contributed by atoms with Crippen LogP contribution in [0.2, 0.25) is 0 Å². The number of rotatable bonds is 41. The van der Waals surface area contributed by atoms with E-state index in [1.807, 2.05) is 21.1 Å². The Morgan fingerprint density at radius 1 is 0.561 bits per heavy atom. The number of allylic oxidation sites excluding steroid dienone is 12. The Hall–Kier alpha value is -2.06. The van der Waals surface area contributed by atoms with Crippen molar-refractivity contribution in [1.82, 2.24) is 0 Å². The van der Waals surface area contributed by atoms with Crippen LogP contribution in [0.3, 0.4) is 0 Å². The van der Waals surface area contributed by atoms with Gasteiger partial charge < -0.3 is 18.9 Å². The summed E-state index contributed by atoms with van der Waals surface area (Å²) in [7, 11) is 1.63. The summed E-state index contributed by atoms with van der Waals surface area (Å²) in [6.45, 7) is 5.41. The molecule has 330 valence electrons. The van der Waals surface area contributed by atoms with Gasteiger partial charge in [-0.25, -0.2) is 4.57 Å². The number of nitrogens with zero attached hydrogens (tertiary/aromatic N) is 1. The maximum Gasteiger partial charge on any atom is 0.472 e. The van der Waals surface area contributed by atoms with Crippen LogP contribution < -0.4 is 0 Å². The highest BCUT2D eigenvalue weighted by Crippen LogP contribution is 2.43. The van der Waals surface area contributed by atoms with Crippen LogP contribution in [0.5, 0.6) is 0 Å². The summed E-state index contributed by atoms with van der Waals surface area (Å²) in [6, 6.07) is 0. The van der Waals surface area contributed by atoms with Crippen LogP contribution in [-0.2, 0) is 27.9 Å². The van der Waals surface area contributed by atoms with Crippen molar-refractivity contribution in [2.75, 3.05) is 54.1 Å². The molecule has 0 aromatic rings. The smallest absolute Gasteiger partial charge is 0.457 e. The molecule has 2 atom stereocenters. The fraction of sp³-hybridized carbons (Fsp3) is 0.729. The Morgan fingerprint density at radius 2 is 1.02 bits per heavy atom. The maximum atomic E-state index is 12.7. The molecule has 0 rings (SSSR count). The van der Waals surface area contributed by atoms with Crippen molar-refractivity contribution in [3.8, 4) is 0 Å². The van der Waals surface area contributed by atoms with E-state index >= 15 is 0 Å². The SMILES string of the molecule is CC/C=C\C/C=C\C/C=C\C/C=C\C/C=C\CCCCCCOCC(COP(=O)(O)OCC[N+](C)(C)C)OC(=O)CCCCCCC/C=C\CCCCCCCC. The Kier molecular flexibility index (Phi) is 39.2. The number of likely N-dealkylation sites (N-methyl/N-ethyl adjacent to an activating group) is 1. The van der Waals surface area contributed by atoms with Crippen molar-refractivity contribution in [2.24, 2.45) is 0 Å². The quantitative estimate of drug-likeness (QED) is 0.0216. The minimum Gasteiger partial charge on any atom is -0.457 e. The predicted octanol–water partition coefficient (Wildman–Crippen LogP) is 13.5. The monoisotopic (exact) mass is 821 g/mol. The van der Waals surface area contributed by atoms with Crippen molar-refractivity contribution in [1.29, 1.82) is 0 Å². The molecule has 0 aliphatic rings. The molecule has 57 heavy (non-hydrogen) atoms. The van der Waals surface area contributed by atoms with Crippen molar-refractivity contribution in [3.05, 3.63) is 72.9 Å². The Labute approximate surface area is 351 Å². The zero-order valence-corrected chi connectivity index (χ0v) is 38.2. The summed E-state index contributed by atoms with van der Waals surface area (Å²) in [6.07, 6.45) is 52.2. The van der Waals surface area contributed by atoms with Crippen LogP contribution in [-0.4, -0.2) is 75.6 Å². The number of hydrogen-bond acceptors (Lipinski definition) is 6. The lowest BCUT2D eigenvalue weighted by Gasteiger charge is -2.24. The third kappa shape index (κ3) is 44.9. The fourth-order valence-corrected chi connectivity index (χ4v) is 6.49. The molecule has 8 nitrogen and oxygen atoms in total. The lowest BCUT2D eigenvalue weighted by molar-refractivity contribution is -0.870. The second-order valence-electron chi connectivity index (χ2n) is 16.0. The zero-order chi connectivity index (χ0) is 42.0. The van der Waals surface area contributed by atoms with Gasteiger partial charge >= 0.3 is 13.8 Å². The third-order valence-corrected chi connectivity index (χ3v) is 10.2. The Balaban J connectivity index is 4.30. The van der Waals surface area contributed by atoms with E-state index in [1.54, 1.807) is 0 Å². The highest BCUT2D eigenvalue weighted by Gasteiger charge is 2.26. The number of phosphoric acid groups is 1. The number of ether oxygens (including phenoxy) is 2. The summed E-state index contributed by atoms with van der Waals surface area (Å²) in [5.41, 5.74) is 0. The molecule has 2 unspecified atom stereocenters. The molecule has 0 amide bonds. The average Bonchev–Trinajstić information content (AvgIpc) is 3.16. The van der Waals surface area contributed by atoms with Gasteiger partial charge in [0, 0.05) is 13.0 Å². The summed E-state index contributed by atoms with van der Waals surface area (Å²) >= 11 is 0. The highest BCUT2D eigenvalue weighted by molar-refractivity contribution is 7.47. The van der Waals surface area contributed by atoms with Gasteiger partial charge in [-0.1, -0.05) is 151 Å². The molecular formula is C48H87NO7P+. The lowest BCUT2D eigenvalue weighted by Crippen LogP contribution is -2.37. The molecule has 0 heterocycles. The highest BCUT2D eigenvalue weighted by atomic mass is 31.2. The Morgan fingerprint density at radius 3 is 1.54 bits per heavy atom. The second kappa shape index (κ2) is 40.7. The molecule has 0 aromatic heterocycles. The van der Waals surface area contributed by atoms with Crippen LogP contribution in [0, 0.1) is 0 Å². The van der Waals surface area contributed by atoms with Crippen molar-refractivity contribution >= 4 is 13.8 Å². The second-order valence-corrected chi connectivity index (χ2v) is 17.5. The van der Waals surface area contributed by atoms with Gasteiger partial charge in [0.2, 0.25) is 0 Å². The topological polar surface area (TPSA) is 91.3 Å². The predicted molar refractivity (Wildman–Crippen MR) is 242 cm³/mol. The molecule has 0 aromatic carbocycles. The van der Waals surface area contributed by atoms with Gasteiger partial charge in [-0.15, -0.1) is 0 Å². The van der Waals surface area contributed by atoms with E-state index in [0.717, 1.165) is 96.3 Å². The fourth-order valence-electron chi connectivity index (χ4n) is 5.75. The van der Waals surface area contributed by atoms with Crippen molar-refractivity contribution < 1.29 is 37.3 Å². The lowest BCUT2D eigenvalue weighted by atomic mass is 10.1. The minimum atomic E-state index is -4.29. The van der Waals surface area contributed by atoms with E-state index in [2.05, 4.69) is 86.8 Å². The van der Waals surface area contributed by atoms with Crippen LogP contribution in [0.15, 0.2) is 72.9 Å².